The van der Waals surface area contributed by atoms with Crippen molar-refractivity contribution in [3.05, 3.63) is 40.8 Å². The van der Waals surface area contributed by atoms with Gasteiger partial charge in [-0.2, -0.15) is 5.10 Å². The van der Waals surface area contributed by atoms with Crippen LogP contribution >= 0.6 is 11.6 Å². The molecular formula is C16H15ClN4O. The van der Waals surface area contributed by atoms with Crippen molar-refractivity contribution in [2.75, 3.05) is 13.1 Å². The van der Waals surface area contributed by atoms with Crippen LogP contribution in [0.15, 0.2) is 30.1 Å². The molecule has 4 heterocycles. The fourth-order valence-electron chi connectivity index (χ4n) is 4.09. The van der Waals surface area contributed by atoms with Gasteiger partial charge in [0.05, 0.1) is 11.6 Å². The number of rotatable bonds is 1. The van der Waals surface area contributed by atoms with E-state index < -0.39 is 0 Å². The molecular weight excluding hydrogens is 300 g/mol. The molecule has 1 fully saturated rings. The molecule has 1 aromatic carbocycles. The smallest absolute Gasteiger partial charge is 0.279 e. The predicted molar refractivity (Wildman–Crippen MR) is 83.4 cm³/mol. The van der Waals surface area contributed by atoms with Gasteiger partial charge in [-0.05, 0) is 31.0 Å². The first-order valence-corrected chi connectivity index (χ1v) is 8.01. The number of fused-ring (bicyclic) bond motifs is 3. The molecule has 2 atom stereocenters. The Morgan fingerprint density at radius 2 is 2.32 bits per heavy atom. The summed E-state index contributed by atoms with van der Waals surface area (Å²) in [5.74, 6) is 0.543. The molecule has 1 aromatic heterocycles. The highest BCUT2D eigenvalue weighted by molar-refractivity contribution is 6.31. The number of hydrogen-bond acceptors (Lipinski definition) is 3. The van der Waals surface area contributed by atoms with E-state index in [1.54, 1.807) is 12.1 Å². The highest BCUT2D eigenvalue weighted by Gasteiger charge is 2.46. The number of aromatic amines is 1. The van der Waals surface area contributed by atoms with Gasteiger partial charge in [-0.1, -0.05) is 11.6 Å². The third-order valence-electron chi connectivity index (χ3n) is 5.09. The minimum atomic E-state index is 0.00822. The summed E-state index contributed by atoms with van der Waals surface area (Å²) in [7, 11) is 0. The second-order valence-corrected chi connectivity index (χ2v) is 6.80. The van der Waals surface area contributed by atoms with Crippen LogP contribution in [-0.4, -0.2) is 45.0 Å². The minimum Gasteiger partial charge on any atom is -0.374 e. The van der Waals surface area contributed by atoms with E-state index in [4.69, 9.17) is 11.6 Å². The summed E-state index contributed by atoms with van der Waals surface area (Å²) in [6.45, 7) is 2.07. The van der Waals surface area contributed by atoms with Crippen molar-refractivity contribution >= 4 is 28.4 Å². The second kappa shape index (κ2) is 4.26. The van der Waals surface area contributed by atoms with E-state index in [0.717, 1.165) is 36.8 Å². The number of benzene rings is 1. The van der Waals surface area contributed by atoms with Crippen LogP contribution in [-0.2, 0) is 0 Å². The summed E-state index contributed by atoms with van der Waals surface area (Å²) in [6, 6.07) is 5.76. The lowest BCUT2D eigenvalue weighted by Gasteiger charge is -2.38. The van der Waals surface area contributed by atoms with Gasteiger partial charge in [0.2, 0.25) is 0 Å². The second-order valence-electron chi connectivity index (χ2n) is 6.36. The SMILES string of the molecule is O=C(c1n[nH]c2cc(Cl)ccc12)N1C2=CN3CC[C@H]2C[C@H]1C3. The summed E-state index contributed by atoms with van der Waals surface area (Å²) in [4.78, 5) is 17.4. The van der Waals surface area contributed by atoms with Gasteiger partial charge >= 0.3 is 0 Å². The molecule has 112 valence electrons. The number of halogens is 1. The number of nitrogens with one attached hydrogen (secondary N) is 1. The average Bonchev–Trinajstić information content (AvgIpc) is 2.95. The Morgan fingerprint density at radius 1 is 1.41 bits per heavy atom. The molecule has 3 aliphatic rings. The molecule has 1 N–H and O–H groups in total. The topological polar surface area (TPSA) is 52.2 Å². The molecule has 0 unspecified atom stereocenters. The number of carbonyl (C=O) groups is 1. The zero-order chi connectivity index (χ0) is 14.8. The molecule has 2 aromatic rings. The summed E-state index contributed by atoms with van der Waals surface area (Å²) in [6.07, 6.45) is 4.41. The first-order chi connectivity index (χ1) is 10.7. The van der Waals surface area contributed by atoms with E-state index >= 15 is 0 Å². The Balaban J connectivity index is 1.58. The third-order valence-corrected chi connectivity index (χ3v) is 5.32. The van der Waals surface area contributed by atoms with E-state index in [-0.39, 0.29) is 5.91 Å². The van der Waals surface area contributed by atoms with Gasteiger partial charge in [0.25, 0.3) is 5.91 Å². The lowest BCUT2D eigenvalue weighted by molar-refractivity contribution is 0.0716. The molecule has 0 aliphatic carbocycles. The Hall–Kier alpha value is -2.01. The first-order valence-electron chi connectivity index (χ1n) is 7.63. The minimum absolute atomic E-state index is 0.00822. The highest BCUT2D eigenvalue weighted by Crippen LogP contribution is 2.43. The van der Waals surface area contributed by atoms with Gasteiger partial charge in [-0.3, -0.25) is 9.89 Å². The van der Waals surface area contributed by atoms with E-state index in [2.05, 4.69) is 21.3 Å². The maximum atomic E-state index is 13.0. The molecule has 5 rings (SSSR count). The number of allylic oxidation sites excluding steroid dienone is 1. The van der Waals surface area contributed by atoms with Crippen molar-refractivity contribution in [1.29, 1.82) is 0 Å². The van der Waals surface area contributed by atoms with Crippen molar-refractivity contribution in [1.82, 2.24) is 20.0 Å². The number of H-pyrrole nitrogens is 1. The Labute approximate surface area is 132 Å². The third kappa shape index (κ3) is 1.60. The molecule has 1 amide bonds. The van der Waals surface area contributed by atoms with Gasteiger partial charge < -0.3 is 9.80 Å². The molecule has 22 heavy (non-hydrogen) atoms. The van der Waals surface area contributed by atoms with Crippen LogP contribution in [0.1, 0.15) is 23.3 Å². The highest BCUT2D eigenvalue weighted by atomic mass is 35.5. The van der Waals surface area contributed by atoms with Crippen LogP contribution in [0.5, 0.6) is 0 Å². The number of amides is 1. The quantitative estimate of drug-likeness (QED) is 0.880. The van der Waals surface area contributed by atoms with Crippen LogP contribution in [0.25, 0.3) is 10.9 Å². The van der Waals surface area contributed by atoms with Crippen molar-refractivity contribution in [2.45, 2.75) is 18.9 Å². The molecule has 0 spiro atoms. The number of carbonyl (C=O) groups excluding carboxylic acids is 1. The Morgan fingerprint density at radius 3 is 3.23 bits per heavy atom. The summed E-state index contributed by atoms with van der Waals surface area (Å²) in [5.41, 5.74) is 2.48. The first kappa shape index (κ1) is 12.5. The van der Waals surface area contributed by atoms with Crippen LogP contribution in [0.4, 0.5) is 0 Å². The van der Waals surface area contributed by atoms with E-state index in [1.807, 2.05) is 11.0 Å². The van der Waals surface area contributed by atoms with Crippen molar-refractivity contribution < 1.29 is 4.79 Å². The zero-order valence-electron chi connectivity index (χ0n) is 11.9. The molecule has 1 saturated heterocycles. The summed E-state index contributed by atoms with van der Waals surface area (Å²) >= 11 is 6.00. The van der Waals surface area contributed by atoms with E-state index in [0.29, 0.717) is 22.7 Å². The van der Waals surface area contributed by atoms with Crippen LogP contribution in [0.2, 0.25) is 5.02 Å². The van der Waals surface area contributed by atoms with Crippen LogP contribution in [0.3, 0.4) is 0 Å². The number of hydrogen-bond donors (Lipinski definition) is 1. The van der Waals surface area contributed by atoms with Crippen molar-refractivity contribution in [2.24, 2.45) is 5.92 Å². The van der Waals surface area contributed by atoms with Gasteiger partial charge in [0.15, 0.2) is 5.69 Å². The Bertz CT molecular complexity index is 825. The maximum absolute atomic E-state index is 13.0. The average molecular weight is 315 g/mol. The summed E-state index contributed by atoms with van der Waals surface area (Å²) < 4.78 is 0. The molecule has 0 saturated carbocycles. The zero-order valence-corrected chi connectivity index (χ0v) is 12.7. The molecule has 3 aliphatic heterocycles. The lowest BCUT2D eigenvalue weighted by Crippen LogP contribution is -2.46. The molecule has 6 heteroatoms. The lowest BCUT2D eigenvalue weighted by atomic mass is 9.99. The fraction of sp³-hybridized carbons (Fsp3) is 0.375. The van der Waals surface area contributed by atoms with E-state index in [9.17, 15) is 4.79 Å². The standard InChI is InChI=1S/C16H15ClN4O/c17-10-1-2-12-13(6-10)18-19-15(12)16(22)21-11-5-9-3-4-20(7-11)8-14(9)21/h1-2,6,8-9,11H,3-5,7H2,(H,18,19)/t9-,11-/m0/s1. The summed E-state index contributed by atoms with van der Waals surface area (Å²) in [5, 5.41) is 8.65. The van der Waals surface area contributed by atoms with Crippen molar-refractivity contribution in [3.8, 4) is 0 Å². The van der Waals surface area contributed by atoms with Crippen LogP contribution in [0, 0.1) is 5.92 Å². The fourth-order valence-corrected chi connectivity index (χ4v) is 4.26. The monoisotopic (exact) mass is 314 g/mol. The normalized spacial score (nSPS) is 26.0. The van der Waals surface area contributed by atoms with Gasteiger partial charge in [0, 0.05) is 41.3 Å². The molecule has 5 nitrogen and oxygen atoms in total. The van der Waals surface area contributed by atoms with Crippen LogP contribution < -0.4 is 0 Å². The maximum Gasteiger partial charge on any atom is 0.279 e. The number of nitrogens with zero attached hydrogens (tertiary/aromatic N) is 3. The van der Waals surface area contributed by atoms with Gasteiger partial charge in [-0.15, -0.1) is 0 Å². The van der Waals surface area contributed by atoms with E-state index in [1.165, 1.54) is 5.70 Å². The molecule has 0 radical (unpaired) electrons. The van der Waals surface area contributed by atoms with Gasteiger partial charge in [0.1, 0.15) is 0 Å². The van der Waals surface area contributed by atoms with Gasteiger partial charge in [-0.25, -0.2) is 0 Å². The Kier molecular flexibility index (Phi) is 2.42. The van der Waals surface area contributed by atoms with Crippen molar-refractivity contribution in [3.63, 3.8) is 0 Å². The predicted octanol–water partition coefficient (Wildman–Crippen LogP) is 2.61. The largest absolute Gasteiger partial charge is 0.374 e. The number of aromatic nitrogens is 2. The molecule has 3 bridgehead atoms.